The van der Waals surface area contributed by atoms with Crippen LogP contribution in [0.25, 0.3) is 0 Å². The van der Waals surface area contributed by atoms with Crippen molar-refractivity contribution in [3.63, 3.8) is 0 Å². The van der Waals surface area contributed by atoms with Crippen LogP contribution >= 0.6 is 0 Å². The van der Waals surface area contributed by atoms with Gasteiger partial charge in [-0.25, -0.2) is 0 Å². The van der Waals surface area contributed by atoms with E-state index in [1.54, 1.807) is 6.92 Å². The second-order valence-corrected chi connectivity index (χ2v) is 8.63. The van der Waals surface area contributed by atoms with Crippen LogP contribution in [0.3, 0.4) is 0 Å². The second kappa shape index (κ2) is 11.9. The number of hydrogen-bond acceptors (Lipinski definition) is 6. The molecule has 3 rings (SSSR count). The number of carbonyl (C=O) groups is 2. The van der Waals surface area contributed by atoms with Gasteiger partial charge in [-0.3, -0.25) is 14.5 Å². The zero-order valence-corrected chi connectivity index (χ0v) is 20.0. The summed E-state index contributed by atoms with van der Waals surface area (Å²) >= 11 is 0. The third-order valence-electron chi connectivity index (χ3n) is 6.41. The van der Waals surface area contributed by atoms with Crippen molar-refractivity contribution in [2.75, 3.05) is 39.6 Å². The van der Waals surface area contributed by atoms with Crippen LogP contribution < -0.4 is 9.47 Å². The highest BCUT2D eigenvalue weighted by atomic mass is 16.7. The summed E-state index contributed by atoms with van der Waals surface area (Å²) in [6.45, 7) is 8.68. The van der Waals surface area contributed by atoms with Crippen LogP contribution in [0, 0.1) is 18.3 Å². The molecule has 0 spiro atoms. The number of hydrogen-bond donors (Lipinski definition) is 0. The monoisotopic (exact) mass is 456 g/mol. The molecule has 2 heterocycles. The lowest BCUT2D eigenvalue weighted by molar-refractivity contribution is -0.149. The number of unbranched alkanes of at least 4 members (excludes halogenated alkanes) is 2. The van der Waals surface area contributed by atoms with Crippen LogP contribution in [-0.4, -0.2) is 67.3 Å². The molecule has 2 aliphatic heterocycles. The van der Waals surface area contributed by atoms with Crippen molar-refractivity contribution in [2.45, 2.75) is 58.4 Å². The summed E-state index contributed by atoms with van der Waals surface area (Å²) < 4.78 is 16.4. The maximum atomic E-state index is 13.2. The van der Waals surface area contributed by atoms with E-state index in [2.05, 4.69) is 19.8 Å². The maximum absolute atomic E-state index is 13.2. The summed E-state index contributed by atoms with van der Waals surface area (Å²) in [7, 11) is 0. The van der Waals surface area contributed by atoms with Gasteiger partial charge in [0.1, 0.15) is 0 Å². The molecule has 1 amide bonds. The number of carbonyl (C=O) groups excluding carboxylic acids is 2. The predicted octanol–water partition coefficient (Wildman–Crippen LogP) is 3.42. The molecule has 3 atom stereocenters. The minimum absolute atomic E-state index is 0.0612. The van der Waals surface area contributed by atoms with Gasteiger partial charge in [0, 0.05) is 25.6 Å². The van der Waals surface area contributed by atoms with Gasteiger partial charge in [-0.2, -0.15) is 0 Å². The molecule has 7 heteroatoms. The van der Waals surface area contributed by atoms with Gasteiger partial charge in [0.2, 0.25) is 12.7 Å². The smallest absolute Gasteiger partial charge is 0.312 e. The third-order valence-corrected chi connectivity index (χ3v) is 6.41. The average Bonchev–Trinajstić information content (AvgIpc) is 3.43. The van der Waals surface area contributed by atoms with Crippen LogP contribution in [0.15, 0.2) is 18.2 Å². The first kappa shape index (κ1) is 24.9. The molecule has 0 N–H and O–H groups in total. The fourth-order valence-electron chi connectivity index (χ4n) is 4.62. The summed E-state index contributed by atoms with van der Waals surface area (Å²) in [6, 6.07) is 5.20. The second-order valence-electron chi connectivity index (χ2n) is 8.63. The third kappa shape index (κ3) is 5.80. The molecule has 7 nitrogen and oxygen atoms in total. The Hall–Kier alpha value is -2.72. The van der Waals surface area contributed by atoms with E-state index < -0.39 is 12.0 Å². The van der Waals surface area contributed by atoms with E-state index in [9.17, 15) is 9.59 Å². The Labute approximate surface area is 197 Å². The van der Waals surface area contributed by atoms with E-state index in [0.29, 0.717) is 18.0 Å². The minimum Gasteiger partial charge on any atom is -0.466 e. The van der Waals surface area contributed by atoms with Gasteiger partial charge >= 0.3 is 5.97 Å². The SMILES string of the molecule is C#CC1C(C(=O)OCC)C(c2ccc3c(c2)OCO3)CN1CC(=O)N(CCCC)CCCC. The summed E-state index contributed by atoms with van der Waals surface area (Å²) in [4.78, 5) is 30.1. The molecule has 0 aliphatic carbocycles. The Morgan fingerprint density at radius 3 is 2.48 bits per heavy atom. The van der Waals surface area contributed by atoms with Crippen molar-refractivity contribution < 1.29 is 23.8 Å². The summed E-state index contributed by atoms with van der Waals surface area (Å²) in [6.07, 6.45) is 9.93. The van der Waals surface area contributed by atoms with Crippen molar-refractivity contribution in [3.8, 4) is 23.8 Å². The molecule has 1 fully saturated rings. The number of ether oxygens (including phenoxy) is 3. The van der Waals surface area contributed by atoms with Crippen molar-refractivity contribution in [3.05, 3.63) is 23.8 Å². The molecule has 3 unspecified atom stereocenters. The topological polar surface area (TPSA) is 68.3 Å². The van der Waals surface area contributed by atoms with Gasteiger partial charge in [0.05, 0.1) is 25.1 Å². The number of amides is 1. The molecule has 0 saturated carbocycles. The van der Waals surface area contributed by atoms with E-state index >= 15 is 0 Å². The first-order chi connectivity index (χ1) is 16.0. The molecule has 1 aromatic rings. The van der Waals surface area contributed by atoms with Gasteiger partial charge < -0.3 is 19.1 Å². The highest BCUT2D eigenvalue weighted by molar-refractivity contribution is 5.80. The number of esters is 1. The highest BCUT2D eigenvalue weighted by Gasteiger charge is 2.47. The molecule has 1 aromatic carbocycles. The zero-order chi connectivity index (χ0) is 23.8. The first-order valence-corrected chi connectivity index (χ1v) is 12.1. The Bertz CT molecular complexity index is 857. The number of fused-ring (bicyclic) bond motifs is 1. The Morgan fingerprint density at radius 1 is 1.15 bits per heavy atom. The van der Waals surface area contributed by atoms with Crippen molar-refractivity contribution in [2.24, 2.45) is 5.92 Å². The van der Waals surface area contributed by atoms with E-state index in [0.717, 1.165) is 44.3 Å². The Kier molecular flexibility index (Phi) is 9.02. The number of terminal acetylenes is 1. The van der Waals surface area contributed by atoms with E-state index in [-0.39, 0.29) is 37.7 Å². The number of benzene rings is 1. The molecule has 1 saturated heterocycles. The van der Waals surface area contributed by atoms with Crippen LogP contribution in [0.5, 0.6) is 11.5 Å². The molecular formula is C26H36N2O5. The number of nitrogens with zero attached hydrogens (tertiary/aromatic N) is 2. The average molecular weight is 457 g/mol. The predicted molar refractivity (Wildman–Crippen MR) is 126 cm³/mol. The van der Waals surface area contributed by atoms with E-state index in [1.807, 2.05) is 28.0 Å². The lowest BCUT2D eigenvalue weighted by atomic mass is 9.85. The number of rotatable bonds is 11. The molecule has 33 heavy (non-hydrogen) atoms. The Morgan fingerprint density at radius 2 is 1.85 bits per heavy atom. The summed E-state index contributed by atoms with van der Waals surface area (Å²) in [5.74, 6) is 3.11. The summed E-state index contributed by atoms with van der Waals surface area (Å²) in [5, 5.41) is 0. The minimum atomic E-state index is -0.553. The van der Waals surface area contributed by atoms with Crippen molar-refractivity contribution in [1.29, 1.82) is 0 Å². The fourth-order valence-corrected chi connectivity index (χ4v) is 4.62. The largest absolute Gasteiger partial charge is 0.466 e. The van der Waals surface area contributed by atoms with Crippen molar-refractivity contribution >= 4 is 11.9 Å². The van der Waals surface area contributed by atoms with Gasteiger partial charge in [-0.15, -0.1) is 6.42 Å². The zero-order valence-electron chi connectivity index (χ0n) is 20.0. The van der Waals surface area contributed by atoms with Crippen LogP contribution in [0.4, 0.5) is 0 Å². The van der Waals surface area contributed by atoms with Crippen LogP contribution in [0.2, 0.25) is 0 Å². The highest BCUT2D eigenvalue weighted by Crippen LogP contribution is 2.42. The molecule has 0 aromatic heterocycles. The lowest BCUT2D eigenvalue weighted by Crippen LogP contribution is -2.44. The van der Waals surface area contributed by atoms with Gasteiger partial charge in [-0.05, 0) is 37.5 Å². The molecular weight excluding hydrogens is 420 g/mol. The molecule has 180 valence electrons. The molecule has 0 radical (unpaired) electrons. The standard InChI is InChI=1S/C26H36N2O5/c1-5-9-13-27(14-10-6-2)24(29)17-28-16-20(25(21(28)7-3)26(30)31-8-4)19-11-12-22-23(15-19)33-18-32-22/h3,11-12,15,20-21,25H,5-6,8-10,13-14,16-18H2,1-2,4H3. The molecule has 0 bridgehead atoms. The summed E-state index contributed by atoms with van der Waals surface area (Å²) in [5.41, 5.74) is 0.932. The fraction of sp³-hybridized carbons (Fsp3) is 0.615. The van der Waals surface area contributed by atoms with Gasteiger partial charge in [0.25, 0.3) is 0 Å². The quantitative estimate of drug-likeness (QED) is 0.375. The van der Waals surface area contributed by atoms with Gasteiger partial charge in [-0.1, -0.05) is 38.7 Å². The molecule has 2 aliphatic rings. The van der Waals surface area contributed by atoms with E-state index in [4.69, 9.17) is 20.6 Å². The first-order valence-electron chi connectivity index (χ1n) is 12.1. The Balaban J connectivity index is 1.83. The van der Waals surface area contributed by atoms with Crippen LogP contribution in [-0.2, 0) is 14.3 Å². The normalized spacial score (nSPS) is 21.6. The van der Waals surface area contributed by atoms with Crippen molar-refractivity contribution in [1.82, 2.24) is 9.80 Å². The number of likely N-dealkylation sites (tertiary alicyclic amines) is 1. The maximum Gasteiger partial charge on any atom is 0.312 e. The van der Waals surface area contributed by atoms with Gasteiger partial charge in [0.15, 0.2) is 11.5 Å². The van der Waals surface area contributed by atoms with E-state index in [1.165, 1.54) is 0 Å². The van der Waals surface area contributed by atoms with Crippen LogP contribution in [0.1, 0.15) is 57.9 Å². The lowest BCUT2D eigenvalue weighted by Gasteiger charge is -2.27.